The van der Waals surface area contributed by atoms with Crippen molar-refractivity contribution in [1.29, 1.82) is 0 Å². The van der Waals surface area contributed by atoms with Gasteiger partial charge >= 0.3 is 0 Å². The largest absolute Gasteiger partial charge is 0.393 e. The third-order valence-corrected chi connectivity index (χ3v) is 11.5. The van der Waals surface area contributed by atoms with Crippen molar-refractivity contribution < 1.29 is 14.3 Å². The van der Waals surface area contributed by atoms with Gasteiger partial charge in [0.1, 0.15) is 5.82 Å². The van der Waals surface area contributed by atoms with E-state index in [1.165, 1.54) is 23.3 Å². The number of aliphatic hydroxyl groups is 1. The van der Waals surface area contributed by atoms with Crippen molar-refractivity contribution >= 4 is 12.0 Å². The molecular weight excluding hydrogens is 513 g/mol. The topological polar surface area (TPSA) is 67.2 Å². The Labute approximate surface area is 241 Å². The number of nitrogens with zero attached hydrogens (tertiary/aromatic N) is 2. The minimum Gasteiger partial charge on any atom is -0.393 e. The van der Waals surface area contributed by atoms with E-state index in [0.717, 1.165) is 49.0 Å². The van der Waals surface area contributed by atoms with Crippen molar-refractivity contribution in [3.05, 3.63) is 89.0 Å². The van der Waals surface area contributed by atoms with Crippen molar-refractivity contribution in [3.8, 4) is 5.69 Å². The number of halogens is 1. The van der Waals surface area contributed by atoms with Gasteiger partial charge in [0, 0.05) is 5.92 Å². The molecule has 4 aliphatic carbocycles. The van der Waals surface area contributed by atoms with Crippen molar-refractivity contribution in [1.82, 2.24) is 15.1 Å². The van der Waals surface area contributed by atoms with Gasteiger partial charge in [-0.05, 0) is 116 Å². The first-order valence-corrected chi connectivity index (χ1v) is 15.3. The number of hydrogen-bond acceptors (Lipinski definition) is 3. The van der Waals surface area contributed by atoms with E-state index in [9.17, 15) is 14.3 Å². The van der Waals surface area contributed by atoms with Gasteiger partial charge in [0.15, 0.2) is 0 Å². The van der Waals surface area contributed by atoms with Crippen LogP contribution >= 0.6 is 0 Å². The summed E-state index contributed by atoms with van der Waals surface area (Å²) < 4.78 is 15.5. The van der Waals surface area contributed by atoms with E-state index in [-0.39, 0.29) is 40.4 Å². The van der Waals surface area contributed by atoms with Gasteiger partial charge in [-0.2, -0.15) is 5.10 Å². The number of aliphatic hydroxyl groups excluding tert-OH is 1. The molecule has 5 nitrogen and oxygen atoms in total. The molecule has 1 aromatic heterocycles. The molecule has 41 heavy (non-hydrogen) atoms. The molecule has 0 saturated heterocycles. The Balaban J connectivity index is 1.14. The Bertz CT molecular complexity index is 1500. The number of carbonyl (C=O) groups is 1. The highest BCUT2D eigenvalue weighted by Crippen LogP contribution is 2.66. The highest BCUT2D eigenvalue weighted by molar-refractivity contribution is 5.80. The van der Waals surface area contributed by atoms with Crippen LogP contribution in [0.3, 0.4) is 0 Å². The van der Waals surface area contributed by atoms with Crippen LogP contribution in [0.25, 0.3) is 11.8 Å². The van der Waals surface area contributed by atoms with E-state index in [4.69, 9.17) is 5.10 Å². The Kier molecular flexibility index (Phi) is 6.27. The molecule has 6 heteroatoms. The maximum Gasteiger partial charge on any atom is 0.224 e. The predicted octanol–water partition coefficient (Wildman–Crippen LogP) is 6.66. The molecule has 0 bridgehead atoms. The lowest BCUT2D eigenvalue weighted by Crippen LogP contribution is -2.57. The summed E-state index contributed by atoms with van der Waals surface area (Å²) in [6, 6.07) is 16.6. The van der Waals surface area contributed by atoms with Crippen molar-refractivity contribution in [2.75, 3.05) is 0 Å². The number of nitrogens with one attached hydrogen (secondary N) is 1. The zero-order valence-corrected chi connectivity index (χ0v) is 24.2. The maximum atomic E-state index is 13.7. The lowest BCUT2D eigenvalue weighted by molar-refractivity contribution is -0.144. The molecule has 8 atom stereocenters. The Morgan fingerprint density at radius 2 is 1.85 bits per heavy atom. The molecule has 1 heterocycles. The van der Waals surface area contributed by atoms with Crippen LogP contribution in [0.15, 0.2) is 66.4 Å². The summed E-state index contributed by atoms with van der Waals surface area (Å²) in [5, 5.41) is 19.9. The first-order chi connectivity index (χ1) is 19.7. The molecule has 0 spiro atoms. The molecule has 3 saturated carbocycles. The molecule has 8 unspecified atom stereocenters. The van der Waals surface area contributed by atoms with Crippen molar-refractivity contribution in [2.45, 2.75) is 71.4 Å². The van der Waals surface area contributed by atoms with Crippen LogP contribution in [0.1, 0.15) is 75.7 Å². The van der Waals surface area contributed by atoms with Crippen molar-refractivity contribution in [3.63, 3.8) is 0 Å². The monoisotopic (exact) mass is 553 g/mol. The standard InChI is InChI=1S/C35H40FN3O2/c1-21(22-7-5-4-6-8-22)38-33(41)29-16-15-28-27-14-9-24-17-30-23(20-37-39(30)26-12-10-25(36)11-13-26)18-34(24,2)32(27)31(40)19-35(28,29)3/h4-8,10-13,17,20-21,27-29,31-32,40H,9,14-16,18-19H2,1-3H3,(H,38,41). The highest BCUT2D eigenvalue weighted by Gasteiger charge is 2.63. The van der Waals surface area contributed by atoms with Gasteiger partial charge in [-0.3, -0.25) is 4.79 Å². The second kappa shape index (κ2) is 9.65. The smallest absolute Gasteiger partial charge is 0.224 e. The number of hydrogen-bond donors (Lipinski definition) is 2. The Morgan fingerprint density at radius 1 is 1.10 bits per heavy atom. The van der Waals surface area contributed by atoms with Gasteiger partial charge in [0.05, 0.1) is 29.7 Å². The van der Waals surface area contributed by atoms with E-state index >= 15 is 0 Å². The van der Waals surface area contributed by atoms with Crippen LogP contribution in [-0.4, -0.2) is 26.9 Å². The van der Waals surface area contributed by atoms with Crippen LogP contribution in [0, 0.1) is 40.3 Å². The average molecular weight is 554 g/mol. The number of amides is 1. The summed E-state index contributed by atoms with van der Waals surface area (Å²) in [5.74, 6) is 0.785. The lowest BCUT2D eigenvalue weighted by atomic mass is 9.46. The fraction of sp³-hybridized carbons (Fsp3) is 0.486. The van der Waals surface area contributed by atoms with E-state index in [1.807, 2.05) is 29.1 Å². The van der Waals surface area contributed by atoms with E-state index in [1.54, 1.807) is 12.1 Å². The summed E-state index contributed by atoms with van der Waals surface area (Å²) in [5.41, 5.74) is 5.27. The summed E-state index contributed by atoms with van der Waals surface area (Å²) >= 11 is 0. The number of aromatic nitrogens is 2. The second-order valence-electron chi connectivity index (χ2n) is 13.6. The van der Waals surface area contributed by atoms with E-state index in [0.29, 0.717) is 18.3 Å². The molecule has 2 N–H and O–H groups in total. The zero-order chi connectivity index (χ0) is 28.5. The molecular formula is C35H40FN3O2. The van der Waals surface area contributed by atoms with Crippen LogP contribution in [0.2, 0.25) is 0 Å². The summed E-state index contributed by atoms with van der Waals surface area (Å²) in [6.07, 6.45) is 9.26. The van der Waals surface area contributed by atoms with Crippen LogP contribution in [0.5, 0.6) is 0 Å². The Hall–Kier alpha value is -3.25. The number of rotatable bonds is 4. The molecule has 7 rings (SSSR count). The zero-order valence-electron chi connectivity index (χ0n) is 24.2. The predicted molar refractivity (Wildman–Crippen MR) is 157 cm³/mol. The van der Waals surface area contributed by atoms with Gasteiger partial charge in [0.2, 0.25) is 5.91 Å². The number of allylic oxidation sites excluding steroid dienone is 1. The van der Waals surface area contributed by atoms with Crippen molar-refractivity contribution in [2.24, 2.45) is 34.5 Å². The third-order valence-electron chi connectivity index (χ3n) is 11.5. The van der Waals surface area contributed by atoms with E-state index in [2.05, 4.69) is 44.3 Å². The van der Waals surface area contributed by atoms with E-state index < -0.39 is 6.10 Å². The summed E-state index contributed by atoms with van der Waals surface area (Å²) in [4.78, 5) is 13.7. The molecule has 1 amide bonds. The highest BCUT2D eigenvalue weighted by atomic mass is 19.1. The summed E-state index contributed by atoms with van der Waals surface area (Å²) in [6.45, 7) is 6.68. The first-order valence-electron chi connectivity index (χ1n) is 15.3. The molecule has 4 aliphatic rings. The quantitative estimate of drug-likeness (QED) is 0.380. The number of fused-ring (bicyclic) bond motifs is 6. The van der Waals surface area contributed by atoms with Crippen LogP contribution in [0.4, 0.5) is 4.39 Å². The lowest BCUT2D eigenvalue weighted by Gasteiger charge is -2.59. The molecule has 3 fully saturated rings. The molecule has 2 aromatic carbocycles. The molecule has 3 aromatic rings. The minimum absolute atomic E-state index is 0.0406. The number of benzene rings is 2. The third kappa shape index (κ3) is 4.12. The van der Waals surface area contributed by atoms with Gasteiger partial charge in [-0.15, -0.1) is 0 Å². The minimum atomic E-state index is -0.455. The van der Waals surface area contributed by atoms with Gasteiger partial charge < -0.3 is 10.4 Å². The SMILES string of the molecule is CC(NC(=O)C1CCC2C3CCC4=Cc5c(cnn5-c5ccc(F)cc5)CC4(C)C3C(O)CC12C)c1ccccc1. The maximum absolute atomic E-state index is 13.7. The summed E-state index contributed by atoms with van der Waals surface area (Å²) in [7, 11) is 0. The number of carbonyl (C=O) groups excluding carboxylic acids is 1. The van der Waals surface area contributed by atoms with Gasteiger partial charge in [-0.25, -0.2) is 9.07 Å². The fourth-order valence-electron chi connectivity index (χ4n) is 9.54. The molecule has 214 valence electrons. The molecule has 0 radical (unpaired) electrons. The molecule has 0 aliphatic heterocycles. The average Bonchev–Trinajstić information content (AvgIpc) is 3.52. The Morgan fingerprint density at radius 3 is 2.61 bits per heavy atom. The van der Waals surface area contributed by atoms with Gasteiger partial charge in [-0.1, -0.05) is 49.8 Å². The first kappa shape index (κ1) is 26.6. The second-order valence-corrected chi connectivity index (χ2v) is 13.6. The fourth-order valence-corrected chi connectivity index (χ4v) is 9.54. The van der Waals surface area contributed by atoms with Gasteiger partial charge in [0.25, 0.3) is 0 Å². The van der Waals surface area contributed by atoms with Crippen LogP contribution < -0.4 is 5.32 Å². The normalized spacial score (nSPS) is 34.5. The van der Waals surface area contributed by atoms with Crippen LogP contribution in [-0.2, 0) is 11.2 Å².